The zero-order valence-electron chi connectivity index (χ0n) is 13.3. The van der Waals surface area contributed by atoms with E-state index in [0.717, 1.165) is 6.54 Å². The lowest BCUT2D eigenvalue weighted by Crippen LogP contribution is -2.40. The fraction of sp³-hybridized carbons (Fsp3) is 0.500. The van der Waals surface area contributed by atoms with E-state index >= 15 is 0 Å². The molecule has 5 nitrogen and oxygen atoms in total. The Morgan fingerprint density at radius 2 is 1.87 bits per heavy atom. The maximum absolute atomic E-state index is 12.3. The van der Waals surface area contributed by atoms with Gasteiger partial charge in [-0.1, -0.05) is 37.5 Å². The van der Waals surface area contributed by atoms with E-state index < -0.39 is 0 Å². The van der Waals surface area contributed by atoms with Gasteiger partial charge in [-0.15, -0.1) is 0 Å². The van der Waals surface area contributed by atoms with Gasteiger partial charge in [-0.3, -0.25) is 9.59 Å². The molecule has 122 valence electrons. The monoisotopic (exact) mass is 313 g/mol. The molecule has 0 saturated heterocycles. The summed E-state index contributed by atoms with van der Waals surface area (Å²) >= 11 is 0. The summed E-state index contributed by atoms with van der Waals surface area (Å²) in [5.41, 5.74) is 1.15. The molecule has 1 aliphatic heterocycles. The van der Waals surface area contributed by atoms with E-state index in [1.807, 2.05) is 30.3 Å². The predicted octanol–water partition coefficient (Wildman–Crippen LogP) is 2.87. The van der Waals surface area contributed by atoms with Gasteiger partial charge in [0.15, 0.2) is 0 Å². The first-order valence-corrected chi connectivity index (χ1v) is 8.48. The minimum atomic E-state index is -0.135. The van der Waals surface area contributed by atoms with E-state index in [1.54, 1.807) is 0 Å². The molecule has 3 rings (SSSR count). The third-order valence-corrected chi connectivity index (χ3v) is 4.57. The molecule has 1 saturated carbocycles. The average molecular weight is 313 g/mol. The van der Waals surface area contributed by atoms with Gasteiger partial charge in [-0.25, -0.2) is 5.01 Å². The summed E-state index contributed by atoms with van der Waals surface area (Å²) < 4.78 is 0. The number of carbonyl (C=O) groups excluding carboxylic acids is 2. The summed E-state index contributed by atoms with van der Waals surface area (Å²) in [7, 11) is 0. The Kier molecular flexibility index (Phi) is 5.05. The number of hydrogen-bond donors (Lipinski definition) is 1. The van der Waals surface area contributed by atoms with Crippen LogP contribution in [-0.2, 0) is 9.59 Å². The number of benzene rings is 1. The number of hydrogen-bond acceptors (Lipinski definition) is 3. The number of carbonyl (C=O) groups is 2. The van der Waals surface area contributed by atoms with Crippen molar-refractivity contribution in [3.05, 3.63) is 30.3 Å². The Hall–Kier alpha value is -2.17. The van der Waals surface area contributed by atoms with Gasteiger partial charge in [0, 0.05) is 19.4 Å². The Labute approximate surface area is 136 Å². The summed E-state index contributed by atoms with van der Waals surface area (Å²) in [5.74, 6) is 0.382. The van der Waals surface area contributed by atoms with Crippen LogP contribution < -0.4 is 10.3 Å². The standard InChI is InChI=1S/C18H23N3O2/c22-17-12-11-16(20-21(17)15-9-5-2-6-10-15)18(23)19-13-14-7-3-1-4-8-14/h2,5-6,9-10,14H,1,3-4,7-8,11-13H2,(H,19,23). The Bertz CT molecular complexity index is 592. The number of para-hydroxylation sites is 1. The molecule has 0 radical (unpaired) electrons. The first-order chi connectivity index (χ1) is 11.2. The highest BCUT2D eigenvalue weighted by molar-refractivity contribution is 6.40. The second-order valence-corrected chi connectivity index (χ2v) is 6.30. The number of hydrazone groups is 1. The molecule has 2 amide bonds. The van der Waals surface area contributed by atoms with Crippen molar-refractivity contribution in [2.24, 2.45) is 11.0 Å². The minimum Gasteiger partial charge on any atom is -0.351 e. The summed E-state index contributed by atoms with van der Waals surface area (Å²) in [4.78, 5) is 24.4. The number of anilines is 1. The highest BCUT2D eigenvalue weighted by Crippen LogP contribution is 2.23. The number of amides is 2. The van der Waals surface area contributed by atoms with Crippen molar-refractivity contribution in [1.82, 2.24) is 5.32 Å². The first kappa shape index (κ1) is 15.7. The molecule has 0 spiro atoms. The van der Waals surface area contributed by atoms with Gasteiger partial charge in [-0.05, 0) is 30.9 Å². The molecule has 23 heavy (non-hydrogen) atoms. The molecule has 0 aromatic heterocycles. The lowest BCUT2D eigenvalue weighted by molar-refractivity contribution is -0.119. The molecule has 1 aliphatic carbocycles. The topological polar surface area (TPSA) is 61.8 Å². The van der Waals surface area contributed by atoms with Crippen LogP contribution in [0.4, 0.5) is 5.69 Å². The summed E-state index contributed by atoms with van der Waals surface area (Å²) in [6, 6.07) is 9.25. The smallest absolute Gasteiger partial charge is 0.267 e. The molecular formula is C18H23N3O2. The number of nitrogens with one attached hydrogen (secondary N) is 1. The van der Waals surface area contributed by atoms with Gasteiger partial charge in [0.25, 0.3) is 5.91 Å². The van der Waals surface area contributed by atoms with Crippen molar-refractivity contribution < 1.29 is 9.59 Å². The van der Waals surface area contributed by atoms with Gasteiger partial charge in [0.1, 0.15) is 5.71 Å². The Morgan fingerprint density at radius 1 is 1.13 bits per heavy atom. The molecule has 0 bridgehead atoms. The molecule has 0 atom stereocenters. The molecule has 1 heterocycles. The van der Waals surface area contributed by atoms with Gasteiger partial charge >= 0.3 is 0 Å². The van der Waals surface area contributed by atoms with Crippen LogP contribution in [0.5, 0.6) is 0 Å². The zero-order chi connectivity index (χ0) is 16.1. The summed E-state index contributed by atoms with van der Waals surface area (Å²) in [6.45, 7) is 0.719. The van der Waals surface area contributed by atoms with Crippen molar-refractivity contribution in [3.8, 4) is 0 Å². The maximum Gasteiger partial charge on any atom is 0.267 e. The molecule has 1 aromatic rings. The van der Waals surface area contributed by atoms with E-state index in [4.69, 9.17) is 0 Å². The molecule has 1 fully saturated rings. The molecule has 2 aliphatic rings. The molecule has 5 heteroatoms. The van der Waals surface area contributed by atoms with Crippen LogP contribution in [-0.4, -0.2) is 24.1 Å². The van der Waals surface area contributed by atoms with E-state index in [2.05, 4.69) is 10.4 Å². The molecule has 1 aromatic carbocycles. The van der Waals surface area contributed by atoms with Crippen LogP contribution in [0, 0.1) is 5.92 Å². The van der Waals surface area contributed by atoms with Crippen LogP contribution in [0.2, 0.25) is 0 Å². The van der Waals surface area contributed by atoms with E-state index in [9.17, 15) is 9.59 Å². The Morgan fingerprint density at radius 3 is 2.61 bits per heavy atom. The van der Waals surface area contributed by atoms with Crippen molar-refractivity contribution in [2.75, 3.05) is 11.6 Å². The highest BCUT2D eigenvalue weighted by atomic mass is 16.2. The van der Waals surface area contributed by atoms with Gasteiger partial charge in [0.05, 0.1) is 5.69 Å². The third kappa shape index (κ3) is 3.97. The summed E-state index contributed by atoms with van der Waals surface area (Å²) in [6.07, 6.45) is 6.97. The molecule has 0 unspecified atom stereocenters. The van der Waals surface area contributed by atoms with E-state index in [1.165, 1.54) is 37.1 Å². The fourth-order valence-corrected chi connectivity index (χ4v) is 3.22. The lowest BCUT2D eigenvalue weighted by Gasteiger charge is -2.24. The van der Waals surface area contributed by atoms with Crippen molar-refractivity contribution in [1.29, 1.82) is 0 Å². The molecular weight excluding hydrogens is 290 g/mol. The van der Waals surface area contributed by atoms with E-state index in [0.29, 0.717) is 30.2 Å². The van der Waals surface area contributed by atoms with Crippen molar-refractivity contribution >= 4 is 23.2 Å². The van der Waals surface area contributed by atoms with Crippen molar-refractivity contribution in [3.63, 3.8) is 0 Å². The highest BCUT2D eigenvalue weighted by Gasteiger charge is 2.25. The molecule has 1 N–H and O–H groups in total. The van der Waals surface area contributed by atoms with Crippen LogP contribution in [0.15, 0.2) is 35.4 Å². The SMILES string of the molecule is O=C(NCC1CCCCC1)C1=NN(c2ccccc2)C(=O)CC1. The van der Waals surface area contributed by atoms with Crippen LogP contribution in [0.3, 0.4) is 0 Å². The average Bonchev–Trinajstić information content (AvgIpc) is 2.62. The van der Waals surface area contributed by atoms with Crippen LogP contribution in [0.1, 0.15) is 44.9 Å². The van der Waals surface area contributed by atoms with Crippen LogP contribution in [0.25, 0.3) is 0 Å². The third-order valence-electron chi connectivity index (χ3n) is 4.57. The fourth-order valence-electron chi connectivity index (χ4n) is 3.22. The quantitative estimate of drug-likeness (QED) is 0.929. The minimum absolute atomic E-state index is 0.0694. The Balaban J connectivity index is 1.64. The second kappa shape index (κ2) is 7.40. The maximum atomic E-state index is 12.3. The van der Waals surface area contributed by atoms with Gasteiger partial charge in [-0.2, -0.15) is 5.10 Å². The zero-order valence-corrected chi connectivity index (χ0v) is 13.3. The van der Waals surface area contributed by atoms with Crippen LogP contribution >= 0.6 is 0 Å². The van der Waals surface area contributed by atoms with Gasteiger partial charge < -0.3 is 5.32 Å². The summed E-state index contributed by atoms with van der Waals surface area (Å²) in [5, 5.41) is 8.63. The first-order valence-electron chi connectivity index (χ1n) is 8.48. The van der Waals surface area contributed by atoms with E-state index in [-0.39, 0.29) is 11.8 Å². The van der Waals surface area contributed by atoms with Crippen molar-refractivity contribution in [2.45, 2.75) is 44.9 Å². The normalized spacial score (nSPS) is 19.4. The van der Waals surface area contributed by atoms with Gasteiger partial charge in [0.2, 0.25) is 5.91 Å². The largest absolute Gasteiger partial charge is 0.351 e. The second-order valence-electron chi connectivity index (χ2n) is 6.30. The lowest BCUT2D eigenvalue weighted by atomic mass is 9.89. The number of nitrogens with zero attached hydrogens (tertiary/aromatic N) is 2. The predicted molar refractivity (Wildman–Crippen MR) is 90.2 cm³/mol. The number of rotatable bonds is 4.